The summed E-state index contributed by atoms with van der Waals surface area (Å²) in [5.41, 5.74) is 8.27. The molecule has 1 aliphatic rings. The van der Waals surface area contributed by atoms with E-state index in [1.54, 1.807) is 10.9 Å². The van der Waals surface area contributed by atoms with E-state index in [1.807, 2.05) is 31.4 Å². The Morgan fingerprint density at radius 1 is 1.36 bits per heavy atom. The monoisotopic (exact) mass is 302 g/mol. The maximum Gasteiger partial charge on any atom is 0.132 e. The van der Waals surface area contributed by atoms with Crippen molar-refractivity contribution in [2.45, 2.75) is 25.2 Å². The molecule has 0 aliphatic carbocycles. The first kappa shape index (κ1) is 15.0. The molecule has 4 N–H and O–H groups in total. The van der Waals surface area contributed by atoms with Crippen LogP contribution in [0.4, 0.5) is 0 Å². The van der Waals surface area contributed by atoms with Gasteiger partial charge in [-0.1, -0.05) is 6.07 Å². The van der Waals surface area contributed by atoms with E-state index in [4.69, 9.17) is 10.5 Å². The molecule has 0 spiro atoms. The summed E-state index contributed by atoms with van der Waals surface area (Å²) >= 11 is 0. The third-order valence-corrected chi connectivity index (χ3v) is 3.95. The van der Waals surface area contributed by atoms with Crippen molar-refractivity contribution in [2.75, 3.05) is 13.1 Å². The molecule has 118 valence electrons. The summed E-state index contributed by atoms with van der Waals surface area (Å²) in [5, 5.41) is 17.4. The Labute approximate surface area is 129 Å². The second kappa shape index (κ2) is 6.48. The van der Waals surface area contributed by atoms with Crippen LogP contribution in [0.15, 0.2) is 30.6 Å². The van der Waals surface area contributed by atoms with Crippen LogP contribution in [0.5, 0.6) is 5.75 Å². The van der Waals surface area contributed by atoms with Crippen molar-refractivity contribution < 1.29 is 9.84 Å². The summed E-state index contributed by atoms with van der Waals surface area (Å²) in [6.07, 6.45) is 4.75. The van der Waals surface area contributed by atoms with Gasteiger partial charge in [-0.25, -0.2) is 0 Å². The first-order valence-corrected chi connectivity index (χ1v) is 7.57. The molecule has 1 aromatic heterocycles. The standard InChI is InChI=1S/C16H22N4O2/c1-20-10-12(9-19-20)11-2-3-15(14(8-11)16(17)21)22-13-4-6-18-7-5-13/h2-3,8-10,13,16,18,21H,4-7,17H2,1H3. The van der Waals surface area contributed by atoms with Crippen LogP contribution in [-0.2, 0) is 7.05 Å². The van der Waals surface area contributed by atoms with Gasteiger partial charge in [0, 0.05) is 24.4 Å². The van der Waals surface area contributed by atoms with E-state index in [2.05, 4.69) is 10.4 Å². The van der Waals surface area contributed by atoms with Gasteiger partial charge < -0.3 is 20.9 Å². The minimum Gasteiger partial charge on any atom is -0.490 e. The number of aryl methyl sites for hydroxylation is 1. The normalized spacial score (nSPS) is 17.4. The molecule has 3 rings (SSSR count). The molecule has 1 unspecified atom stereocenters. The third-order valence-electron chi connectivity index (χ3n) is 3.95. The number of benzene rings is 1. The van der Waals surface area contributed by atoms with Crippen molar-refractivity contribution in [3.05, 3.63) is 36.2 Å². The summed E-state index contributed by atoms with van der Waals surface area (Å²) < 4.78 is 7.79. The van der Waals surface area contributed by atoms with Gasteiger partial charge in [-0.2, -0.15) is 5.10 Å². The minimum absolute atomic E-state index is 0.169. The summed E-state index contributed by atoms with van der Waals surface area (Å²) in [7, 11) is 1.87. The number of nitrogens with zero attached hydrogens (tertiary/aromatic N) is 2. The van der Waals surface area contributed by atoms with Crippen LogP contribution in [-0.4, -0.2) is 34.1 Å². The zero-order valence-electron chi connectivity index (χ0n) is 12.7. The van der Waals surface area contributed by atoms with Gasteiger partial charge in [0.2, 0.25) is 0 Å². The second-order valence-corrected chi connectivity index (χ2v) is 5.67. The largest absolute Gasteiger partial charge is 0.490 e. The van der Waals surface area contributed by atoms with E-state index in [-0.39, 0.29) is 6.10 Å². The van der Waals surface area contributed by atoms with Gasteiger partial charge in [-0.15, -0.1) is 0 Å². The van der Waals surface area contributed by atoms with Gasteiger partial charge in [0.25, 0.3) is 0 Å². The number of nitrogens with two attached hydrogens (primary N) is 1. The molecular formula is C16H22N4O2. The molecule has 1 aliphatic heterocycles. The van der Waals surface area contributed by atoms with Crippen LogP contribution in [0.2, 0.25) is 0 Å². The molecule has 0 amide bonds. The maximum absolute atomic E-state index is 9.88. The first-order valence-electron chi connectivity index (χ1n) is 7.57. The van der Waals surface area contributed by atoms with Crippen molar-refractivity contribution in [3.63, 3.8) is 0 Å². The van der Waals surface area contributed by atoms with Crippen LogP contribution in [0.3, 0.4) is 0 Å². The van der Waals surface area contributed by atoms with Crippen LogP contribution in [0.25, 0.3) is 11.1 Å². The zero-order valence-corrected chi connectivity index (χ0v) is 12.7. The van der Waals surface area contributed by atoms with E-state index in [1.165, 1.54) is 0 Å². The molecule has 1 fully saturated rings. The van der Waals surface area contributed by atoms with E-state index in [0.717, 1.165) is 37.1 Å². The second-order valence-electron chi connectivity index (χ2n) is 5.67. The van der Waals surface area contributed by atoms with Gasteiger partial charge in [0.1, 0.15) is 18.1 Å². The molecule has 0 radical (unpaired) electrons. The number of aliphatic hydroxyl groups excluding tert-OH is 1. The zero-order chi connectivity index (χ0) is 15.5. The fourth-order valence-corrected chi connectivity index (χ4v) is 2.73. The Morgan fingerprint density at radius 3 is 2.77 bits per heavy atom. The van der Waals surface area contributed by atoms with Crippen molar-refractivity contribution >= 4 is 0 Å². The number of aliphatic hydroxyl groups is 1. The van der Waals surface area contributed by atoms with Crippen LogP contribution >= 0.6 is 0 Å². The fourth-order valence-electron chi connectivity index (χ4n) is 2.73. The molecule has 0 saturated carbocycles. The lowest BCUT2D eigenvalue weighted by Crippen LogP contribution is -2.34. The molecule has 6 nitrogen and oxygen atoms in total. The van der Waals surface area contributed by atoms with Gasteiger partial charge in [0.05, 0.1) is 6.20 Å². The fraction of sp³-hybridized carbons (Fsp3) is 0.438. The number of hydrogen-bond acceptors (Lipinski definition) is 5. The lowest BCUT2D eigenvalue weighted by Gasteiger charge is -2.25. The highest BCUT2D eigenvalue weighted by molar-refractivity contribution is 5.64. The van der Waals surface area contributed by atoms with Crippen LogP contribution in [0, 0.1) is 0 Å². The highest BCUT2D eigenvalue weighted by atomic mass is 16.5. The van der Waals surface area contributed by atoms with Crippen molar-refractivity contribution in [3.8, 4) is 16.9 Å². The molecule has 6 heteroatoms. The third kappa shape index (κ3) is 3.30. The molecule has 22 heavy (non-hydrogen) atoms. The lowest BCUT2D eigenvalue weighted by molar-refractivity contribution is 0.144. The Kier molecular flexibility index (Phi) is 4.42. The van der Waals surface area contributed by atoms with Gasteiger partial charge in [-0.05, 0) is 43.6 Å². The topological polar surface area (TPSA) is 85.3 Å². The van der Waals surface area contributed by atoms with Gasteiger partial charge in [0.15, 0.2) is 0 Å². The molecule has 1 atom stereocenters. The molecule has 0 bridgehead atoms. The quantitative estimate of drug-likeness (QED) is 0.738. The van der Waals surface area contributed by atoms with Crippen molar-refractivity contribution in [1.82, 2.24) is 15.1 Å². The summed E-state index contributed by atoms with van der Waals surface area (Å²) in [4.78, 5) is 0. The first-order chi connectivity index (χ1) is 10.6. The average molecular weight is 302 g/mol. The maximum atomic E-state index is 9.88. The van der Waals surface area contributed by atoms with Crippen molar-refractivity contribution in [2.24, 2.45) is 12.8 Å². The van der Waals surface area contributed by atoms with E-state index >= 15 is 0 Å². The summed E-state index contributed by atoms with van der Waals surface area (Å²) in [6.45, 7) is 1.91. The predicted octanol–water partition coefficient (Wildman–Crippen LogP) is 1.17. The molecular weight excluding hydrogens is 280 g/mol. The van der Waals surface area contributed by atoms with E-state index < -0.39 is 6.23 Å². The molecule has 2 heterocycles. The SMILES string of the molecule is Cn1cc(-c2ccc(OC3CCNCC3)c(C(N)O)c2)cn1. The van der Waals surface area contributed by atoms with Gasteiger partial charge in [-0.3, -0.25) is 4.68 Å². The number of aromatic nitrogens is 2. The Morgan fingerprint density at radius 2 is 2.14 bits per heavy atom. The summed E-state index contributed by atoms with van der Waals surface area (Å²) in [5.74, 6) is 0.662. The smallest absolute Gasteiger partial charge is 0.132 e. The molecule has 1 saturated heterocycles. The Hall–Kier alpha value is -1.89. The molecule has 1 aromatic carbocycles. The minimum atomic E-state index is -1.06. The molecule has 2 aromatic rings. The van der Waals surface area contributed by atoms with Crippen LogP contribution < -0.4 is 15.8 Å². The number of piperidine rings is 1. The summed E-state index contributed by atoms with van der Waals surface area (Å²) in [6, 6.07) is 5.73. The Balaban J connectivity index is 1.86. The lowest BCUT2D eigenvalue weighted by atomic mass is 10.0. The Bertz CT molecular complexity index is 633. The van der Waals surface area contributed by atoms with Crippen molar-refractivity contribution in [1.29, 1.82) is 0 Å². The number of ether oxygens (including phenoxy) is 1. The van der Waals surface area contributed by atoms with E-state index in [0.29, 0.717) is 11.3 Å². The number of hydrogen-bond donors (Lipinski definition) is 3. The number of nitrogens with one attached hydrogen (secondary N) is 1. The van der Waals surface area contributed by atoms with E-state index in [9.17, 15) is 5.11 Å². The predicted molar refractivity (Wildman–Crippen MR) is 84.3 cm³/mol. The number of rotatable bonds is 4. The highest BCUT2D eigenvalue weighted by Crippen LogP contribution is 2.30. The van der Waals surface area contributed by atoms with Crippen LogP contribution in [0.1, 0.15) is 24.6 Å². The average Bonchev–Trinajstić information content (AvgIpc) is 2.95. The highest BCUT2D eigenvalue weighted by Gasteiger charge is 2.18. The van der Waals surface area contributed by atoms with Gasteiger partial charge >= 0.3 is 0 Å².